The van der Waals surface area contributed by atoms with Crippen molar-refractivity contribution >= 4 is 6.09 Å². The van der Waals surface area contributed by atoms with Crippen LogP contribution in [0.25, 0.3) is 0 Å². The molecule has 0 fully saturated rings. The Bertz CT molecular complexity index is 429. The fraction of sp³-hybridized carbons (Fsp3) is 0.500. The summed E-state index contributed by atoms with van der Waals surface area (Å²) >= 11 is 0. The number of hydrogen-bond acceptors (Lipinski definition) is 3. The molecule has 0 radical (unpaired) electrons. The summed E-state index contributed by atoms with van der Waals surface area (Å²) in [7, 11) is 0. The van der Waals surface area contributed by atoms with Crippen molar-refractivity contribution in [1.82, 2.24) is 5.32 Å². The van der Waals surface area contributed by atoms with Crippen molar-refractivity contribution in [3.05, 3.63) is 35.6 Å². The minimum absolute atomic E-state index is 0.211. The molecule has 0 bridgehead atoms. The van der Waals surface area contributed by atoms with E-state index in [-0.39, 0.29) is 18.8 Å². The van der Waals surface area contributed by atoms with Crippen LogP contribution < -0.4 is 5.32 Å². The van der Waals surface area contributed by atoms with Gasteiger partial charge in [-0.2, -0.15) is 0 Å². The van der Waals surface area contributed by atoms with Crippen LogP contribution in [0.3, 0.4) is 0 Å². The zero-order chi connectivity index (χ0) is 14.5. The van der Waals surface area contributed by atoms with Crippen LogP contribution in [0.2, 0.25) is 0 Å². The molecule has 1 rings (SSSR count). The van der Waals surface area contributed by atoms with Crippen molar-refractivity contribution in [2.24, 2.45) is 0 Å². The van der Waals surface area contributed by atoms with E-state index in [0.717, 1.165) is 0 Å². The Hall–Kier alpha value is -1.62. The highest BCUT2D eigenvalue weighted by molar-refractivity contribution is 5.68. The summed E-state index contributed by atoms with van der Waals surface area (Å²) in [6, 6.07) is 5.69. The predicted octanol–water partition coefficient (Wildman–Crippen LogP) is 2.25. The van der Waals surface area contributed by atoms with Crippen LogP contribution in [0.5, 0.6) is 0 Å². The summed E-state index contributed by atoms with van der Waals surface area (Å²) < 4.78 is 18.6. The van der Waals surface area contributed by atoms with Crippen LogP contribution in [-0.4, -0.2) is 29.4 Å². The molecule has 1 aromatic carbocycles. The van der Waals surface area contributed by atoms with Crippen molar-refractivity contribution in [2.45, 2.75) is 38.8 Å². The Kier molecular flexibility index (Phi) is 5.30. The number of rotatable bonds is 4. The Morgan fingerprint density at radius 3 is 2.58 bits per heavy atom. The molecule has 19 heavy (non-hydrogen) atoms. The molecule has 0 heterocycles. The van der Waals surface area contributed by atoms with E-state index in [2.05, 4.69) is 5.32 Å². The van der Waals surface area contributed by atoms with Gasteiger partial charge in [0.15, 0.2) is 0 Å². The second kappa shape index (κ2) is 6.52. The van der Waals surface area contributed by atoms with Crippen LogP contribution in [0.15, 0.2) is 24.3 Å². The maximum atomic E-state index is 13.5. The maximum absolute atomic E-state index is 13.5. The predicted molar refractivity (Wildman–Crippen MR) is 70.3 cm³/mol. The molecule has 1 amide bonds. The number of carbonyl (C=O) groups excluding carboxylic acids is 1. The van der Waals surface area contributed by atoms with Crippen LogP contribution in [0.4, 0.5) is 9.18 Å². The second-order valence-corrected chi connectivity index (χ2v) is 5.32. The van der Waals surface area contributed by atoms with Gasteiger partial charge in [0.2, 0.25) is 0 Å². The van der Waals surface area contributed by atoms with Gasteiger partial charge in [-0.15, -0.1) is 0 Å². The van der Waals surface area contributed by atoms with Gasteiger partial charge in [-0.05, 0) is 38.8 Å². The SMILES string of the molecule is CC(C)(C)OC(=O)NC(CO)Cc1ccccc1F. The number of carbonyl (C=O) groups is 1. The number of amides is 1. The molecule has 0 spiro atoms. The van der Waals surface area contributed by atoms with Crippen LogP contribution in [0, 0.1) is 5.82 Å². The van der Waals surface area contributed by atoms with Gasteiger partial charge in [-0.1, -0.05) is 18.2 Å². The van der Waals surface area contributed by atoms with Crippen molar-refractivity contribution in [3.8, 4) is 0 Å². The van der Waals surface area contributed by atoms with Crippen molar-refractivity contribution < 1.29 is 19.0 Å². The first-order valence-corrected chi connectivity index (χ1v) is 6.15. The fourth-order valence-electron chi connectivity index (χ4n) is 1.56. The Labute approximate surface area is 112 Å². The zero-order valence-electron chi connectivity index (χ0n) is 11.4. The molecular formula is C14H20FNO3. The largest absolute Gasteiger partial charge is 0.444 e. The van der Waals surface area contributed by atoms with Gasteiger partial charge >= 0.3 is 6.09 Å². The Morgan fingerprint density at radius 1 is 1.42 bits per heavy atom. The highest BCUT2D eigenvalue weighted by Crippen LogP contribution is 2.10. The summed E-state index contributed by atoms with van der Waals surface area (Å²) in [5, 5.41) is 11.8. The third-order valence-corrected chi connectivity index (χ3v) is 2.37. The average molecular weight is 269 g/mol. The Morgan fingerprint density at radius 2 is 2.05 bits per heavy atom. The van der Waals surface area contributed by atoms with E-state index in [1.54, 1.807) is 39.0 Å². The van der Waals surface area contributed by atoms with Crippen LogP contribution >= 0.6 is 0 Å². The molecule has 0 aromatic heterocycles. The van der Waals surface area contributed by atoms with Gasteiger partial charge in [0.05, 0.1) is 12.6 Å². The van der Waals surface area contributed by atoms with Crippen LogP contribution in [-0.2, 0) is 11.2 Å². The minimum Gasteiger partial charge on any atom is -0.444 e. The lowest BCUT2D eigenvalue weighted by Crippen LogP contribution is -2.42. The van der Waals surface area contributed by atoms with Crippen molar-refractivity contribution in [2.75, 3.05) is 6.61 Å². The van der Waals surface area contributed by atoms with Crippen molar-refractivity contribution in [3.63, 3.8) is 0 Å². The second-order valence-electron chi connectivity index (χ2n) is 5.32. The summed E-state index contributed by atoms with van der Waals surface area (Å²) in [5.41, 5.74) is -0.167. The van der Waals surface area contributed by atoms with Gasteiger partial charge in [0.25, 0.3) is 0 Å². The molecule has 1 unspecified atom stereocenters. The Balaban J connectivity index is 2.60. The maximum Gasteiger partial charge on any atom is 0.407 e. The van der Waals surface area contributed by atoms with Gasteiger partial charge in [-0.3, -0.25) is 0 Å². The zero-order valence-corrected chi connectivity index (χ0v) is 11.4. The van der Waals surface area contributed by atoms with E-state index in [1.807, 2.05) is 0 Å². The quantitative estimate of drug-likeness (QED) is 0.881. The minimum atomic E-state index is -0.622. The van der Waals surface area contributed by atoms with E-state index in [9.17, 15) is 14.3 Å². The molecular weight excluding hydrogens is 249 g/mol. The molecule has 0 aliphatic heterocycles. The van der Waals surface area contributed by atoms with Gasteiger partial charge in [0.1, 0.15) is 11.4 Å². The first kappa shape index (κ1) is 15.4. The standard InChI is InChI=1S/C14H20FNO3/c1-14(2,3)19-13(18)16-11(9-17)8-10-6-4-5-7-12(10)15/h4-7,11,17H,8-9H2,1-3H3,(H,16,18). The first-order chi connectivity index (χ1) is 8.81. The summed E-state index contributed by atoms with van der Waals surface area (Å²) in [6.07, 6.45) is -0.412. The summed E-state index contributed by atoms with van der Waals surface area (Å²) in [5.74, 6) is -0.355. The average Bonchev–Trinajstić information content (AvgIpc) is 2.28. The van der Waals surface area contributed by atoms with E-state index in [0.29, 0.717) is 5.56 Å². The fourth-order valence-corrected chi connectivity index (χ4v) is 1.56. The van der Waals surface area contributed by atoms with Crippen LogP contribution in [0.1, 0.15) is 26.3 Å². The third kappa shape index (κ3) is 5.70. The number of aliphatic hydroxyl groups is 1. The molecule has 0 aliphatic rings. The first-order valence-electron chi connectivity index (χ1n) is 6.15. The molecule has 1 atom stereocenters. The molecule has 0 saturated heterocycles. The highest BCUT2D eigenvalue weighted by atomic mass is 19.1. The number of aliphatic hydroxyl groups excluding tert-OH is 1. The van der Waals surface area contributed by atoms with Crippen molar-refractivity contribution in [1.29, 1.82) is 0 Å². The number of hydrogen-bond donors (Lipinski definition) is 2. The number of ether oxygens (including phenoxy) is 1. The van der Waals surface area contributed by atoms with E-state index < -0.39 is 17.7 Å². The lowest BCUT2D eigenvalue weighted by atomic mass is 10.1. The van der Waals surface area contributed by atoms with E-state index in [4.69, 9.17) is 4.74 Å². The van der Waals surface area contributed by atoms with Gasteiger partial charge in [0, 0.05) is 0 Å². The highest BCUT2D eigenvalue weighted by Gasteiger charge is 2.19. The molecule has 2 N–H and O–H groups in total. The number of halogens is 1. The monoisotopic (exact) mass is 269 g/mol. The van der Waals surface area contributed by atoms with E-state index in [1.165, 1.54) is 6.07 Å². The smallest absolute Gasteiger partial charge is 0.407 e. The van der Waals surface area contributed by atoms with E-state index >= 15 is 0 Å². The lowest BCUT2D eigenvalue weighted by molar-refractivity contribution is 0.0482. The molecule has 5 heteroatoms. The lowest BCUT2D eigenvalue weighted by Gasteiger charge is -2.22. The molecule has 4 nitrogen and oxygen atoms in total. The number of benzene rings is 1. The molecule has 1 aromatic rings. The number of nitrogens with one attached hydrogen (secondary N) is 1. The third-order valence-electron chi connectivity index (χ3n) is 2.37. The number of alkyl carbamates (subject to hydrolysis) is 1. The topological polar surface area (TPSA) is 58.6 Å². The summed E-state index contributed by atoms with van der Waals surface area (Å²) in [4.78, 5) is 11.6. The molecule has 0 aliphatic carbocycles. The van der Waals surface area contributed by atoms with Gasteiger partial charge < -0.3 is 15.2 Å². The normalized spacial score (nSPS) is 12.9. The summed E-state index contributed by atoms with van der Waals surface area (Å²) in [6.45, 7) is 4.96. The molecule has 0 saturated carbocycles. The van der Waals surface area contributed by atoms with Gasteiger partial charge in [-0.25, -0.2) is 9.18 Å². The molecule has 106 valence electrons.